The molecule has 2 aliphatic rings. The molecule has 0 aliphatic carbocycles. The first kappa shape index (κ1) is 16.1. The van der Waals surface area contributed by atoms with Crippen LogP contribution < -0.4 is 0 Å². The minimum Gasteiger partial charge on any atom is -0.387 e. The summed E-state index contributed by atoms with van der Waals surface area (Å²) in [7, 11) is 0. The number of hydrogen-bond acceptors (Lipinski definition) is 6. The van der Waals surface area contributed by atoms with Gasteiger partial charge in [-0.2, -0.15) is 0 Å². The van der Waals surface area contributed by atoms with Gasteiger partial charge in [0, 0.05) is 0 Å². The highest BCUT2D eigenvalue weighted by molar-refractivity contribution is 5.00. The first-order valence-corrected chi connectivity index (χ1v) is 7.13. The van der Waals surface area contributed by atoms with Crippen molar-refractivity contribution in [3.05, 3.63) is 0 Å². The minimum absolute atomic E-state index is 0.241. The molecule has 6 nitrogen and oxygen atoms in total. The molecule has 2 N–H and O–H groups in total. The Morgan fingerprint density at radius 3 is 2.05 bits per heavy atom. The van der Waals surface area contributed by atoms with Crippen LogP contribution >= 0.6 is 0 Å². The van der Waals surface area contributed by atoms with Gasteiger partial charge in [-0.25, -0.2) is 0 Å². The lowest BCUT2D eigenvalue weighted by molar-refractivity contribution is -0.220. The van der Waals surface area contributed by atoms with Gasteiger partial charge < -0.3 is 29.2 Å². The van der Waals surface area contributed by atoms with Crippen molar-refractivity contribution in [2.24, 2.45) is 0 Å². The third-order valence-corrected chi connectivity index (χ3v) is 4.03. The number of hydrogen-bond donors (Lipinski definition) is 2. The van der Waals surface area contributed by atoms with Gasteiger partial charge >= 0.3 is 0 Å². The topological polar surface area (TPSA) is 77.4 Å². The number of aliphatic hydroxyl groups excluding tert-OH is 1. The molecule has 0 radical (unpaired) electrons. The van der Waals surface area contributed by atoms with Gasteiger partial charge in [-0.1, -0.05) is 6.92 Å². The third kappa shape index (κ3) is 3.00. The van der Waals surface area contributed by atoms with Gasteiger partial charge in [0.15, 0.2) is 11.6 Å². The van der Waals surface area contributed by atoms with Crippen molar-refractivity contribution in [3.8, 4) is 0 Å². The molecule has 0 aromatic heterocycles. The lowest BCUT2D eigenvalue weighted by Crippen LogP contribution is -2.58. The van der Waals surface area contributed by atoms with Crippen LogP contribution in [0.2, 0.25) is 0 Å². The zero-order chi connectivity index (χ0) is 15.2. The first-order valence-electron chi connectivity index (χ1n) is 7.13. The van der Waals surface area contributed by atoms with Crippen molar-refractivity contribution >= 4 is 0 Å². The van der Waals surface area contributed by atoms with Gasteiger partial charge in [-0.05, 0) is 34.1 Å². The van der Waals surface area contributed by atoms with Gasteiger partial charge in [0.05, 0.1) is 13.2 Å². The van der Waals surface area contributed by atoms with E-state index in [4.69, 9.17) is 18.9 Å². The quantitative estimate of drug-likeness (QED) is 0.797. The molecule has 4 atom stereocenters. The maximum atomic E-state index is 10.9. The smallest absolute Gasteiger partial charge is 0.163 e. The van der Waals surface area contributed by atoms with Crippen LogP contribution in [0.3, 0.4) is 0 Å². The van der Waals surface area contributed by atoms with Crippen molar-refractivity contribution in [1.29, 1.82) is 0 Å². The van der Waals surface area contributed by atoms with E-state index in [1.807, 2.05) is 0 Å². The van der Waals surface area contributed by atoms with E-state index in [1.54, 1.807) is 34.6 Å². The van der Waals surface area contributed by atoms with Gasteiger partial charge in [-0.3, -0.25) is 0 Å². The molecule has 2 saturated heterocycles. The predicted molar refractivity (Wildman–Crippen MR) is 71.1 cm³/mol. The Bertz CT molecular complexity index is 356. The highest BCUT2D eigenvalue weighted by Gasteiger charge is 2.53. The Morgan fingerprint density at radius 1 is 1.10 bits per heavy atom. The van der Waals surface area contributed by atoms with Gasteiger partial charge in [0.2, 0.25) is 0 Å². The summed E-state index contributed by atoms with van der Waals surface area (Å²) in [6.45, 7) is 9.42. The molecule has 2 rings (SSSR count). The number of rotatable bonds is 4. The van der Waals surface area contributed by atoms with E-state index in [0.29, 0.717) is 6.42 Å². The second-order valence-electron chi connectivity index (χ2n) is 6.47. The maximum absolute atomic E-state index is 10.9. The van der Waals surface area contributed by atoms with Gasteiger partial charge in [0.25, 0.3) is 0 Å². The Balaban J connectivity index is 2.10. The largest absolute Gasteiger partial charge is 0.387 e. The minimum atomic E-state index is -1.43. The summed E-state index contributed by atoms with van der Waals surface area (Å²) in [5.41, 5.74) is -1.43. The molecule has 0 saturated carbocycles. The van der Waals surface area contributed by atoms with E-state index in [2.05, 4.69) is 0 Å². The molecule has 0 aromatic carbocycles. The van der Waals surface area contributed by atoms with Crippen LogP contribution in [-0.4, -0.2) is 58.9 Å². The molecular formula is C14H26O6. The normalized spacial score (nSPS) is 36.8. The molecular weight excluding hydrogens is 264 g/mol. The SMILES string of the molecule is CC[C@](O)([C@H](O)[C@H]1COC(C)(C)O1)[C@H]1COC(C)(C)O1. The van der Waals surface area contributed by atoms with Crippen molar-refractivity contribution in [1.82, 2.24) is 0 Å². The summed E-state index contributed by atoms with van der Waals surface area (Å²) < 4.78 is 22.3. The van der Waals surface area contributed by atoms with E-state index in [0.717, 1.165) is 0 Å². The van der Waals surface area contributed by atoms with E-state index in [-0.39, 0.29) is 13.2 Å². The maximum Gasteiger partial charge on any atom is 0.163 e. The van der Waals surface area contributed by atoms with Crippen molar-refractivity contribution in [2.75, 3.05) is 13.2 Å². The average molecular weight is 290 g/mol. The standard InChI is InChI=1S/C14H26O6/c1-6-14(16,10-8-18-13(4,5)20-10)11(15)9-7-17-12(2,3)19-9/h9-11,15-16H,6-8H2,1-5H3/t9-,10-,11-,14-/m1/s1. The van der Waals surface area contributed by atoms with Crippen LogP contribution in [0.25, 0.3) is 0 Å². The third-order valence-electron chi connectivity index (χ3n) is 4.03. The fourth-order valence-corrected chi connectivity index (χ4v) is 2.75. The fourth-order valence-electron chi connectivity index (χ4n) is 2.75. The fraction of sp³-hybridized carbons (Fsp3) is 1.00. The highest BCUT2D eigenvalue weighted by Crippen LogP contribution is 2.36. The molecule has 0 unspecified atom stereocenters. The molecule has 0 bridgehead atoms. The summed E-state index contributed by atoms with van der Waals surface area (Å²) in [6.07, 6.45) is -1.94. The highest BCUT2D eigenvalue weighted by atomic mass is 16.8. The van der Waals surface area contributed by atoms with E-state index >= 15 is 0 Å². The first-order chi connectivity index (χ1) is 9.10. The van der Waals surface area contributed by atoms with Crippen LogP contribution in [-0.2, 0) is 18.9 Å². The molecule has 0 aromatic rings. The lowest BCUT2D eigenvalue weighted by atomic mass is 9.85. The molecule has 2 heterocycles. The summed E-state index contributed by atoms with van der Waals surface area (Å²) >= 11 is 0. The molecule has 2 aliphatic heterocycles. The van der Waals surface area contributed by atoms with Crippen LogP contribution in [0.1, 0.15) is 41.0 Å². The lowest BCUT2D eigenvalue weighted by Gasteiger charge is -2.38. The molecule has 0 amide bonds. The summed E-state index contributed by atoms with van der Waals surface area (Å²) in [6, 6.07) is 0. The Morgan fingerprint density at radius 2 is 1.65 bits per heavy atom. The second-order valence-corrected chi connectivity index (χ2v) is 6.47. The zero-order valence-electron chi connectivity index (χ0n) is 12.9. The zero-order valence-corrected chi connectivity index (χ0v) is 12.9. The summed E-state index contributed by atoms with van der Waals surface area (Å²) in [5.74, 6) is -1.49. The van der Waals surface area contributed by atoms with Crippen molar-refractivity contribution in [3.63, 3.8) is 0 Å². The van der Waals surface area contributed by atoms with Gasteiger partial charge in [-0.15, -0.1) is 0 Å². The Kier molecular flexibility index (Phi) is 4.19. The van der Waals surface area contributed by atoms with Crippen molar-refractivity contribution in [2.45, 2.75) is 76.5 Å². The predicted octanol–water partition coefficient (Wildman–Crippen LogP) is 0.791. The van der Waals surface area contributed by atoms with E-state index in [9.17, 15) is 10.2 Å². The molecule has 20 heavy (non-hydrogen) atoms. The second kappa shape index (κ2) is 5.19. The monoisotopic (exact) mass is 290 g/mol. The van der Waals surface area contributed by atoms with Crippen LogP contribution in [0.5, 0.6) is 0 Å². The van der Waals surface area contributed by atoms with E-state index < -0.39 is 35.5 Å². The van der Waals surface area contributed by atoms with Gasteiger partial charge in [0.1, 0.15) is 23.9 Å². The summed E-state index contributed by atoms with van der Waals surface area (Å²) in [4.78, 5) is 0. The number of ether oxygens (including phenoxy) is 4. The van der Waals surface area contributed by atoms with Crippen LogP contribution in [0.4, 0.5) is 0 Å². The Labute approximate surface area is 120 Å². The van der Waals surface area contributed by atoms with Crippen LogP contribution in [0.15, 0.2) is 0 Å². The van der Waals surface area contributed by atoms with Crippen LogP contribution in [0, 0.1) is 0 Å². The molecule has 2 fully saturated rings. The Hall–Kier alpha value is -0.240. The average Bonchev–Trinajstić information content (AvgIpc) is 2.90. The molecule has 118 valence electrons. The van der Waals surface area contributed by atoms with E-state index in [1.165, 1.54) is 0 Å². The molecule has 6 heteroatoms. The van der Waals surface area contributed by atoms with Crippen molar-refractivity contribution < 1.29 is 29.2 Å². The summed E-state index contributed by atoms with van der Waals surface area (Å²) in [5, 5.41) is 21.4. The molecule has 0 spiro atoms. The number of aliphatic hydroxyl groups is 2.